The molecule has 9 nitrogen and oxygen atoms in total. The molecular formula is C30H36FN5O4. The summed E-state index contributed by atoms with van der Waals surface area (Å²) in [4.78, 5) is 32.1. The van der Waals surface area contributed by atoms with Crippen molar-refractivity contribution in [2.45, 2.75) is 57.2 Å². The molecule has 1 saturated carbocycles. The SMILES string of the molecule is Cc1ccc(OCC[C@@H]2CNCCN2C(=O)c2ncn([C@H]3CCCC[C@@H]3NC(=O)O)c2-c2ccccc2)cc1F. The van der Waals surface area contributed by atoms with Gasteiger partial charge < -0.3 is 29.9 Å². The van der Waals surface area contributed by atoms with Crippen molar-refractivity contribution in [1.29, 1.82) is 0 Å². The van der Waals surface area contributed by atoms with Gasteiger partial charge in [-0.2, -0.15) is 0 Å². The Labute approximate surface area is 233 Å². The topological polar surface area (TPSA) is 109 Å². The number of imidazole rings is 1. The van der Waals surface area contributed by atoms with E-state index in [0.717, 1.165) is 31.2 Å². The van der Waals surface area contributed by atoms with Crippen LogP contribution in [0.15, 0.2) is 54.9 Å². The van der Waals surface area contributed by atoms with Crippen LogP contribution in [0.3, 0.4) is 0 Å². The highest BCUT2D eigenvalue weighted by molar-refractivity contribution is 5.98. The van der Waals surface area contributed by atoms with Crippen LogP contribution in [0, 0.1) is 12.7 Å². The van der Waals surface area contributed by atoms with Crippen LogP contribution < -0.4 is 15.4 Å². The molecule has 2 fully saturated rings. The normalized spacial score (nSPS) is 21.1. The summed E-state index contributed by atoms with van der Waals surface area (Å²) < 4.78 is 21.7. The number of carbonyl (C=O) groups excluding carboxylic acids is 1. The van der Waals surface area contributed by atoms with E-state index in [-0.39, 0.29) is 29.8 Å². The molecule has 2 aromatic carbocycles. The number of benzene rings is 2. The molecule has 0 spiro atoms. The molecule has 3 atom stereocenters. The van der Waals surface area contributed by atoms with Gasteiger partial charge in [0.05, 0.1) is 30.7 Å². The molecule has 0 bridgehead atoms. The first-order chi connectivity index (χ1) is 19.4. The van der Waals surface area contributed by atoms with Gasteiger partial charge in [-0.05, 0) is 31.4 Å². The number of halogens is 1. The Hall–Kier alpha value is -3.92. The zero-order valence-electron chi connectivity index (χ0n) is 22.7. The molecule has 40 heavy (non-hydrogen) atoms. The smallest absolute Gasteiger partial charge is 0.404 e. The first kappa shape index (κ1) is 27.6. The highest BCUT2D eigenvalue weighted by Crippen LogP contribution is 2.35. The van der Waals surface area contributed by atoms with E-state index in [0.29, 0.717) is 55.4 Å². The summed E-state index contributed by atoms with van der Waals surface area (Å²) in [5.74, 6) is -0.00711. The van der Waals surface area contributed by atoms with Crippen molar-refractivity contribution in [2.75, 3.05) is 26.2 Å². The summed E-state index contributed by atoms with van der Waals surface area (Å²) in [6.45, 7) is 3.85. The molecule has 10 heteroatoms. The number of ether oxygens (including phenoxy) is 1. The van der Waals surface area contributed by atoms with Crippen LogP contribution >= 0.6 is 0 Å². The fraction of sp³-hybridized carbons (Fsp3) is 0.433. The third kappa shape index (κ3) is 6.12. The van der Waals surface area contributed by atoms with Crippen LogP contribution in [0.1, 0.15) is 54.2 Å². The van der Waals surface area contributed by atoms with Crippen LogP contribution in [-0.4, -0.2) is 69.9 Å². The summed E-state index contributed by atoms with van der Waals surface area (Å²) in [5.41, 5.74) is 2.49. The van der Waals surface area contributed by atoms with Gasteiger partial charge in [-0.3, -0.25) is 4.79 Å². The Balaban J connectivity index is 1.40. The highest BCUT2D eigenvalue weighted by Gasteiger charge is 2.35. The molecule has 2 amide bonds. The molecule has 1 aromatic heterocycles. The molecule has 0 unspecified atom stereocenters. The van der Waals surface area contributed by atoms with Gasteiger partial charge in [0.15, 0.2) is 5.69 Å². The Kier molecular flexibility index (Phi) is 8.64. The Morgan fingerprint density at radius 2 is 1.98 bits per heavy atom. The lowest BCUT2D eigenvalue weighted by molar-refractivity contribution is 0.0601. The molecule has 212 valence electrons. The number of carbonyl (C=O) groups is 2. The fourth-order valence-corrected chi connectivity index (χ4v) is 5.82. The molecular weight excluding hydrogens is 513 g/mol. The zero-order valence-corrected chi connectivity index (χ0v) is 22.7. The number of rotatable bonds is 8. The van der Waals surface area contributed by atoms with Gasteiger partial charge >= 0.3 is 6.09 Å². The zero-order chi connectivity index (χ0) is 28.1. The van der Waals surface area contributed by atoms with E-state index < -0.39 is 6.09 Å². The van der Waals surface area contributed by atoms with Gasteiger partial charge in [0, 0.05) is 43.7 Å². The Morgan fingerprint density at radius 1 is 1.18 bits per heavy atom. The first-order valence-corrected chi connectivity index (χ1v) is 13.9. The average molecular weight is 550 g/mol. The van der Waals surface area contributed by atoms with Crippen molar-refractivity contribution < 1.29 is 23.8 Å². The van der Waals surface area contributed by atoms with E-state index in [9.17, 15) is 19.1 Å². The number of aryl methyl sites for hydroxylation is 1. The van der Waals surface area contributed by atoms with Crippen LogP contribution in [0.25, 0.3) is 11.3 Å². The molecule has 3 N–H and O–H groups in total. The predicted molar refractivity (Wildman–Crippen MR) is 149 cm³/mol. The van der Waals surface area contributed by atoms with Crippen molar-refractivity contribution in [3.63, 3.8) is 0 Å². The monoisotopic (exact) mass is 549 g/mol. The second-order valence-electron chi connectivity index (χ2n) is 10.5. The van der Waals surface area contributed by atoms with Crippen LogP contribution in [0.4, 0.5) is 9.18 Å². The summed E-state index contributed by atoms with van der Waals surface area (Å²) in [6.07, 6.45) is 4.66. The third-order valence-electron chi connectivity index (χ3n) is 7.91. The quantitative estimate of drug-likeness (QED) is 0.378. The number of carboxylic acid groups (broad SMARTS) is 1. The third-order valence-corrected chi connectivity index (χ3v) is 7.91. The van der Waals surface area contributed by atoms with E-state index in [1.165, 1.54) is 6.07 Å². The number of piperazine rings is 1. The number of hydrogen-bond donors (Lipinski definition) is 3. The summed E-state index contributed by atoms with van der Waals surface area (Å²) >= 11 is 0. The summed E-state index contributed by atoms with van der Waals surface area (Å²) in [5, 5.41) is 15.5. The van der Waals surface area contributed by atoms with E-state index in [1.54, 1.807) is 25.4 Å². The van der Waals surface area contributed by atoms with Crippen molar-refractivity contribution in [3.05, 3.63) is 71.9 Å². The lowest BCUT2D eigenvalue weighted by Crippen LogP contribution is -2.54. The van der Waals surface area contributed by atoms with E-state index in [2.05, 4.69) is 15.6 Å². The average Bonchev–Trinajstić information content (AvgIpc) is 3.40. The predicted octanol–water partition coefficient (Wildman–Crippen LogP) is 4.63. The molecule has 0 radical (unpaired) electrons. The highest BCUT2D eigenvalue weighted by atomic mass is 19.1. The molecule has 3 aromatic rings. The molecule has 1 aliphatic carbocycles. The van der Waals surface area contributed by atoms with Gasteiger partial charge in [0.2, 0.25) is 0 Å². The standard InChI is InChI=1S/C30H36FN5O4/c1-20-11-12-23(17-24(20)31)40-16-13-22-18-32-14-15-35(22)29(37)27-28(21-7-3-2-4-8-21)36(19-33-27)26-10-6-5-9-25(26)34-30(38)39/h2-4,7-8,11-12,17,19,22,25-26,32,34H,5-6,9-10,13-16,18H2,1H3,(H,38,39)/t22-,25+,26+/m1/s1. The number of nitrogens with one attached hydrogen (secondary N) is 2. The molecule has 5 rings (SSSR count). The van der Waals surface area contributed by atoms with E-state index in [4.69, 9.17) is 4.74 Å². The van der Waals surface area contributed by atoms with Crippen molar-refractivity contribution in [2.24, 2.45) is 0 Å². The maximum atomic E-state index is 14.1. The summed E-state index contributed by atoms with van der Waals surface area (Å²) in [6, 6.07) is 14.0. The number of aromatic nitrogens is 2. The molecule has 2 aliphatic rings. The van der Waals surface area contributed by atoms with Crippen molar-refractivity contribution in [3.8, 4) is 17.0 Å². The van der Waals surface area contributed by atoms with Crippen LogP contribution in [-0.2, 0) is 0 Å². The largest absolute Gasteiger partial charge is 0.493 e. The second-order valence-corrected chi connectivity index (χ2v) is 10.5. The fourth-order valence-electron chi connectivity index (χ4n) is 5.82. The van der Waals surface area contributed by atoms with Gasteiger partial charge in [-0.15, -0.1) is 0 Å². The van der Waals surface area contributed by atoms with E-state index in [1.807, 2.05) is 39.8 Å². The Bertz CT molecular complexity index is 1330. The van der Waals surface area contributed by atoms with Crippen molar-refractivity contribution in [1.82, 2.24) is 25.1 Å². The maximum Gasteiger partial charge on any atom is 0.404 e. The molecule has 2 heterocycles. The lowest BCUT2D eigenvalue weighted by atomic mass is 9.89. The van der Waals surface area contributed by atoms with E-state index >= 15 is 0 Å². The minimum absolute atomic E-state index is 0.124. The Morgan fingerprint density at radius 3 is 2.75 bits per heavy atom. The second kappa shape index (κ2) is 12.5. The first-order valence-electron chi connectivity index (χ1n) is 13.9. The van der Waals surface area contributed by atoms with Gasteiger partial charge in [0.25, 0.3) is 5.91 Å². The lowest BCUT2D eigenvalue weighted by Gasteiger charge is -2.36. The minimum atomic E-state index is -1.05. The van der Waals surface area contributed by atoms with Gasteiger partial charge in [-0.1, -0.05) is 49.2 Å². The minimum Gasteiger partial charge on any atom is -0.493 e. The van der Waals surface area contributed by atoms with Crippen LogP contribution in [0.2, 0.25) is 0 Å². The number of amides is 2. The maximum absolute atomic E-state index is 14.1. The summed E-state index contributed by atoms with van der Waals surface area (Å²) in [7, 11) is 0. The molecule has 1 aliphatic heterocycles. The van der Waals surface area contributed by atoms with Crippen molar-refractivity contribution >= 4 is 12.0 Å². The number of nitrogens with zero attached hydrogens (tertiary/aromatic N) is 3. The van der Waals surface area contributed by atoms with Gasteiger partial charge in [-0.25, -0.2) is 14.2 Å². The number of hydrogen-bond acceptors (Lipinski definition) is 5. The van der Waals surface area contributed by atoms with Gasteiger partial charge in [0.1, 0.15) is 11.6 Å². The molecule has 1 saturated heterocycles. The van der Waals surface area contributed by atoms with Crippen LogP contribution in [0.5, 0.6) is 5.75 Å².